The lowest BCUT2D eigenvalue weighted by Gasteiger charge is -2.20. The van der Waals surface area contributed by atoms with E-state index in [4.69, 9.17) is 14.4 Å². The van der Waals surface area contributed by atoms with Crippen molar-refractivity contribution in [1.29, 1.82) is 0 Å². The first kappa shape index (κ1) is 35.2. The molecule has 0 rings (SSSR count). The molecule has 0 aromatic rings. The molecule has 10 nitrogen and oxygen atoms in total. The molecule has 0 aliphatic rings. The van der Waals surface area contributed by atoms with Gasteiger partial charge in [-0.3, -0.25) is 18.6 Å². The molecule has 3 unspecified atom stereocenters. The predicted molar refractivity (Wildman–Crippen MR) is 141 cm³/mol. The van der Waals surface area contributed by atoms with E-state index < -0.39 is 58.4 Å². The number of hydrogen-bond acceptors (Lipinski definition) is 9. The normalized spacial score (nSPS) is 15.3. The lowest BCUT2D eigenvalue weighted by Crippen LogP contribution is -2.28. The highest BCUT2D eigenvalue weighted by Gasteiger charge is 2.27. The second kappa shape index (κ2) is 23.3. The van der Waals surface area contributed by atoms with Crippen molar-refractivity contribution >= 4 is 19.8 Å². The van der Waals surface area contributed by atoms with E-state index in [1.807, 2.05) is 0 Å². The Hall–Kier alpha value is -1.81. The third-order valence-corrected chi connectivity index (χ3v) is 5.87. The summed E-state index contributed by atoms with van der Waals surface area (Å²) in [6.07, 6.45) is 19.7. The summed E-state index contributed by atoms with van der Waals surface area (Å²) < 4.78 is 31.1. The molecule has 11 heteroatoms. The van der Waals surface area contributed by atoms with Gasteiger partial charge in [-0.05, 0) is 38.5 Å². The van der Waals surface area contributed by atoms with Crippen LogP contribution in [0.15, 0.2) is 36.5 Å². The van der Waals surface area contributed by atoms with E-state index in [1.54, 1.807) is 0 Å². The van der Waals surface area contributed by atoms with Gasteiger partial charge in [0.1, 0.15) is 12.2 Å². The van der Waals surface area contributed by atoms with E-state index in [1.165, 1.54) is 0 Å². The smallest absolute Gasteiger partial charge is 0.458 e. The number of carbonyl (C=O) groups excluding carboxylic acids is 2. The van der Waals surface area contributed by atoms with Gasteiger partial charge < -0.3 is 24.6 Å². The van der Waals surface area contributed by atoms with Crippen molar-refractivity contribution in [3.8, 4) is 0 Å². The van der Waals surface area contributed by atoms with Crippen LogP contribution in [-0.2, 0) is 32.7 Å². The summed E-state index contributed by atoms with van der Waals surface area (Å²) in [6, 6.07) is 0. The van der Waals surface area contributed by atoms with Gasteiger partial charge in [-0.15, -0.1) is 0 Å². The van der Waals surface area contributed by atoms with Gasteiger partial charge in [0.25, 0.3) is 0 Å². The highest BCUT2D eigenvalue weighted by Crippen LogP contribution is 2.43. The summed E-state index contributed by atoms with van der Waals surface area (Å²) in [5, 5.41) is 18.4. The first-order valence-electron chi connectivity index (χ1n) is 12.9. The van der Waals surface area contributed by atoms with E-state index in [2.05, 4.69) is 52.6 Å². The lowest BCUT2D eigenvalue weighted by atomic mass is 10.1. The third-order valence-electron chi connectivity index (χ3n) is 4.92. The minimum Gasteiger partial charge on any atom is -0.458 e. The van der Waals surface area contributed by atoms with E-state index in [0.29, 0.717) is 6.42 Å². The van der Waals surface area contributed by atoms with E-state index in [9.17, 15) is 24.2 Å². The predicted octanol–water partition coefficient (Wildman–Crippen LogP) is 4.54. The highest BCUT2D eigenvalue weighted by molar-refractivity contribution is 7.47. The van der Waals surface area contributed by atoms with Crippen LogP contribution in [0.4, 0.5) is 0 Å². The molecule has 37 heavy (non-hydrogen) atoms. The maximum absolute atomic E-state index is 12.0. The van der Waals surface area contributed by atoms with Gasteiger partial charge in [-0.2, -0.15) is 0 Å². The molecule has 0 aliphatic heterocycles. The lowest BCUT2D eigenvalue weighted by molar-refractivity contribution is -0.153. The van der Waals surface area contributed by atoms with Gasteiger partial charge in [-0.25, -0.2) is 4.57 Å². The Bertz CT molecular complexity index is 735. The van der Waals surface area contributed by atoms with E-state index in [0.717, 1.165) is 58.3 Å². The Morgan fingerprint density at radius 3 is 1.86 bits per heavy atom. The van der Waals surface area contributed by atoms with Crippen LogP contribution in [0.25, 0.3) is 0 Å². The van der Waals surface area contributed by atoms with Crippen LogP contribution in [-0.4, -0.2) is 65.7 Å². The number of rotatable bonds is 23. The van der Waals surface area contributed by atoms with Gasteiger partial charge in [0, 0.05) is 13.3 Å². The van der Waals surface area contributed by atoms with Crippen molar-refractivity contribution in [2.24, 2.45) is 0 Å². The molecule has 0 radical (unpaired) electrons. The van der Waals surface area contributed by atoms with Gasteiger partial charge in [0.2, 0.25) is 0 Å². The molecule has 0 amide bonds. The van der Waals surface area contributed by atoms with E-state index in [-0.39, 0.29) is 6.42 Å². The van der Waals surface area contributed by atoms with Gasteiger partial charge in [0.15, 0.2) is 0 Å². The zero-order chi connectivity index (χ0) is 27.8. The first-order valence-corrected chi connectivity index (χ1v) is 14.4. The molecule has 0 spiro atoms. The van der Waals surface area contributed by atoms with Crippen LogP contribution < -0.4 is 0 Å². The molecule has 0 bridgehead atoms. The van der Waals surface area contributed by atoms with Crippen molar-refractivity contribution < 1.29 is 47.8 Å². The minimum absolute atomic E-state index is 0.171. The summed E-state index contributed by atoms with van der Waals surface area (Å²) in [5.74, 6) is -1.22. The van der Waals surface area contributed by atoms with Crippen LogP contribution in [0, 0.1) is 0 Å². The fourth-order valence-corrected chi connectivity index (χ4v) is 3.79. The fourth-order valence-electron chi connectivity index (χ4n) is 3.01. The number of ether oxygens (including phenoxy) is 2. The molecule has 0 heterocycles. The Morgan fingerprint density at radius 1 is 0.784 bits per heavy atom. The number of allylic oxidation sites excluding steroid dienone is 6. The topological polar surface area (TPSA) is 149 Å². The third kappa shape index (κ3) is 23.1. The van der Waals surface area contributed by atoms with Crippen LogP contribution >= 0.6 is 7.82 Å². The molecule has 3 atom stereocenters. The van der Waals surface area contributed by atoms with Crippen LogP contribution in [0.1, 0.15) is 78.1 Å². The molecule has 0 saturated heterocycles. The minimum atomic E-state index is -4.58. The van der Waals surface area contributed by atoms with Crippen LogP contribution in [0.2, 0.25) is 0 Å². The average Bonchev–Trinajstić information content (AvgIpc) is 2.86. The molecular formula is C26H45O10P. The molecular weight excluding hydrogens is 503 g/mol. The molecule has 214 valence electrons. The van der Waals surface area contributed by atoms with Gasteiger partial charge in [-0.1, -0.05) is 62.6 Å². The summed E-state index contributed by atoms with van der Waals surface area (Å²) in [4.78, 5) is 32.5. The van der Waals surface area contributed by atoms with Gasteiger partial charge >= 0.3 is 19.8 Å². The number of aliphatic hydroxyl groups excluding tert-OH is 2. The van der Waals surface area contributed by atoms with Crippen molar-refractivity contribution in [3.63, 3.8) is 0 Å². The second-order valence-corrected chi connectivity index (χ2v) is 9.82. The van der Waals surface area contributed by atoms with Crippen molar-refractivity contribution in [2.45, 2.75) is 90.3 Å². The summed E-state index contributed by atoms with van der Waals surface area (Å²) >= 11 is 0. The number of aliphatic hydroxyl groups is 2. The van der Waals surface area contributed by atoms with Crippen molar-refractivity contribution in [2.75, 3.05) is 26.4 Å². The summed E-state index contributed by atoms with van der Waals surface area (Å²) in [5.41, 5.74) is 0. The van der Waals surface area contributed by atoms with Crippen molar-refractivity contribution in [3.05, 3.63) is 36.5 Å². The molecule has 0 fully saturated rings. The number of hydrogen-bond donors (Lipinski definition) is 3. The summed E-state index contributed by atoms with van der Waals surface area (Å²) in [6.45, 7) is 0.896. The Balaban J connectivity index is 3.93. The number of carbonyl (C=O) groups is 2. The quantitative estimate of drug-likeness (QED) is 0.0719. The standard InChI is InChI=1S/C26H45O10P/c1-3-4-5-6-7-8-9-10-11-12-13-14-15-16-17-18-26(30)36-25(20-28)22-34-37(31,32)33-21-24(19-27)35-23(2)29/h4-5,7-8,10-11,24-25,27-28H,3,6,9,12-22H2,1-2H3,(H,31,32)/b5-4-,8-7-,11-10-. The Morgan fingerprint density at radius 2 is 1.30 bits per heavy atom. The maximum atomic E-state index is 12.0. The first-order chi connectivity index (χ1) is 17.7. The fraction of sp³-hybridized carbons (Fsp3) is 0.692. The molecule has 0 saturated carbocycles. The molecule has 0 aromatic carbocycles. The van der Waals surface area contributed by atoms with Crippen molar-refractivity contribution in [1.82, 2.24) is 0 Å². The van der Waals surface area contributed by atoms with E-state index >= 15 is 0 Å². The van der Waals surface area contributed by atoms with Gasteiger partial charge in [0.05, 0.1) is 26.4 Å². The average molecular weight is 549 g/mol. The van der Waals surface area contributed by atoms with Crippen LogP contribution in [0.3, 0.4) is 0 Å². The number of phosphoric ester groups is 1. The zero-order valence-corrected chi connectivity index (χ0v) is 23.1. The monoisotopic (exact) mass is 548 g/mol. The second-order valence-electron chi connectivity index (χ2n) is 8.37. The molecule has 3 N–H and O–H groups in total. The molecule has 0 aliphatic carbocycles. The SMILES string of the molecule is CC/C=C\C/C=C\C/C=C\CCCCCCCC(=O)OC(CO)COP(=O)(O)OCC(CO)OC(C)=O. The summed E-state index contributed by atoms with van der Waals surface area (Å²) in [7, 11) is -4.58. The number of phosphoric acid groups is 1. The largest absolute Gasteiger partial charge is 0.472 e. The maximum Gasteiger partial charge on any atom is 0.472 e. The molecule has 0 aromatic heterocycles. The zero-order valence-electron chi connectivity index (χ0n) is 22.2. The Kier molecular flexibility index (Phi) is 22.2. The highest BCUT2D eigenvalue weighted by atomic mass is 31.2. The number of esters is 2. The van der Waals surface area contributed by atoms with Crippen LogP contribution in [0.5, 0.6) is 0 Å². The Labute approximate surface area is 221 Å². The number of unbranched alkanes of at least 4 members (excludes halogenated alkanes) is 5.